The Kier molecular flexibility index (Phi) is 2.24. The van der Waals surface area contributed by atoms with Crippen LogP contribution in [-0.4, -0.2) is 18.1 Å². The second-order valence-electron chi connectivity index (χ2n) is 2.74. The van der Waals surface area contributed by atoms with Crippen molar-refractivity contribution < 1.29 is 9.53 Å². The van der Waals surface area contributed by atoms with Gasteiger partial charge in [-0.05, 0) is 12.1 Å². The van der Waals surface area contributed by atoms with Crippen molar-refractivity contribution in [3.05, 3.63) is 30.3 Å². The Balaban J connectivity index is 2.30. The maximum Gasteiger partial charge on any atom is 0.255 e. The molecule has 1 unspecified atom stereocenters. The molecule has 0 spiro atoms. The number of hydrogen-bond donors (Lipinski definition) is 1. The summed E-state index contributed by atoms with van der Waals surface area (Å²) in [6.45, 7) is 0.114. The van der Waals surface area contributed by atoms with Crippen LogP contribution in [0.3, 0.4) is 0 Å². The zero-order valence-electron chi connectivity index (χ0n) is 6.88. The zero-order chi connectivity index (χ0) is 9.26. The summed E-state index contributed by atoms with van der Waals surface area (Å²) in [4.78, 5) is 12.9. The van der Waals surface area contributed by atoms with Gasteiger partial charge in [-0.15, -0.1) is 12.6 Å². The van der Waals surface area contributed by atoms with E-state index in [9.17, 15) is 4.79 Å². The molecule has 1 atom stereocenters. The lowest BCUT2D eigenvalue weighted by atomic mass is 10.3. The summed E-state index contributed by atoms with van der Waals surface area (Å²) in [5.74, 6) is -0.0498. The molecule has 68 valence electrons. The number of benzene rings is 1. The number of thiol groups is 1. The molecular formula is C9H9NO2S. The summed E-state index contributed by atoms with van der Waals surface area (Å²) in [6.07, 6.45) is 0. The molecule has 1 heterocycles. The number of carbonyl (C=O) groups is 1. The number of carbonyl (C=O) groups excluding carboxylic acids is 1. The van der Waals surface area contributed by atoms with E-state index in [0.29, 0.717) is 0 Å². The molecule has 0 aromatic heterocycles. The third kappa shape index (κ3) is 1.55. The van der Waals surface area contributed by atoms with Crippen LogP contribution in [0.1, 0.15) is 0 Å². The highest BCUT2D eigenvalue weighted by molar-refractivity contribution is 7.80. The summed E-state index contributed by atoms with van der Waals surface area (Å²) in [6, 6.07) is 9.37. The third-order valence-electron chi connectivity index (χ3n) is 1.88. The first-order chi connectivity index (χ1) is 6.29. The topological polar surface area (TPSA) is 29.5 Å². The lowest BCUT2D eigenvalue weighted by Crippen LogP contribution is -2.29. The fraction of sp³-hybridized carbons (Fsp3) is 0.222. The van der Waals surface area contributed by atoms with Gasteiger partial charge in [0.05, 0.1) is 0 Å². The van der Waals surface area contributed by atoms with Gasteiger partial charge in [0, 0.05) is 5.69 Å². The lowest BCUT2D eigenvalue weighted by Gasteiger charge is -2.18. The minimum absolute atomic E-state index is 0.0498. The second-order valence-corrected chi connectivity index (χ2v) is 3.18. The van der Waals surface area contributed by atoms with Crippen molar-refractivity contribution in [2.75, 3.05) is 11.5 Å². The van der Waals surface area contributed by atoms with Gasteiger partial charge in [0.1, 0.15) is 6.61 Å². The van der Waals surface area contributed by atoms with Crippen LogP contribution in [0.5, 0.6) is 0 Å². The molecule has 0 aliphatic carbocycles. The van der Waals surface area contributed by atoms with Gasteiger partial charge >= 0.3 is 0 Å². The van der Waals surface area contributed by atoms with E-state index in [2.05, 4.69) is 12.6 Å². The van der Waals surface area contributed by atoms with Crippen LogP contribution in [-0.2, 0) is 9.53 Å². The van der Waals surface area contributed by atoms with E-state index in [0.717, 1.165) is 5.69 Å². The molecule has 0 bridgehead atoms. The van der Waals surface area contributed by atoms with Gasteiger partial charge in [0.25, 0.3) is 5.91 Å². The molecule has 3 nitrogen and oxygen atoms in total. The highest BCUT2D eigenvalue weighted by Crippen LogP contribution is 2.23. The van der Waals surface area contributed by atoms with Crippen molar-refractivity contribution in [1.82, 2.24) is 0 Å². The quantitative estimate of drug-likeness (QED) is 0.684. The first-order valence-electron chi connectivity index (χ1n) is 3.96. The number of amides is 1. The maximum absolute atomic E-state index is 11.3. The van der Waals surface area contributed by atoms with Crippen LogP contribution in [0.2, 0.25) is 0 Å². The van der Waals surface area contributed by atoms with E-state index in [1.54, 1.807) is 0 Å². The van der Waals surface area contributed by atoms with Crippen LogP contribution in [0.15, 0.2) is 30.3 Å². The predicted octanol–water partition coefficient (Wildman–Crippen LogP) is 1.26. The fourth-order valence-electron chi connectivity index (χ4n) is 1.27. The molecule has 1 aliphatic rings. The Morgan fingerprint density at radius 2 is 2.08 bits per heavy atom. The Bertz CT molecular complexity index is 315. The van der Waals surface area contributed by atoms with Gasteiger partial charge < -0.3 is 4.74 Å². The van der Waals surface area contributed by atoms with Crippen molar-refractivity contribution in [1.29, 1.82) is 0 Å². The van der Waals surface area contributed by atoms with Crippen LogP contribution >= 0.6 is 12.6 Å². The molecule has 1 saturated heterocycles. The van der Waals surface area contributed by atoms with E-state index < -0.39 is 5.56 Å². The Morgan fingerprint density at radius 3 is 2.62 bits per heavy atom. The van der Waals surface area contributed by atoms with E-state index in [1.807, 2.05) is 30.3 Å². The van der Waals surface area contributed by atoms with Crippen molar-refractivity contribution >= 4 is 24.2 Å². The normalized spacial score (nSPS) is 22.4. The van der Waals surface area contributed by atoms with Crippen LogP contribution in [0, 0.1) is 0 Å². The van der Waals surface area contributed by atoms with Crippen molar-refractivity contribution in [3.63, 3.8) is 0 Å². The molecule has 1 amide bonds. The lowest BCUT2D eigenvalue weighted by molar-refractivity contribution is -0.117. The molecule has 0 saturated carbocycles. The monoisotopic (exact) mass is 195 g/mol. The van der Waals surface area contributed by atoms with Crippen molar-refractivity contribution in [2.45, 2.75) is 5.56 Å². The van der Waals surface area contributed by atoms with Gasteiger partial charge in [-0.1, -0.05) is 18.2 Å². The molecule has 1 aromatic rings. The summed E-state index contributed by atoms with van der Waals surface area (Å²) >= 11 is 4.14. The Labute approximate surface area is 81.7 Å². The summed E-state index contributed by atoms with van der Waals surface area (Å²) < 4.78 is 5.07. The summed E-state index contributed by atoms with van der Waals surface area (Å²) in [5, 5.41) is 0. The first kappa shape index (κ1) is 8.59. The molecule has 2 rings (SSSR count). The highest BCUT2D eigenvalue weighted by Gasteiger charge is 2.30. The fourth-order valence-corrected chi connectivity index (χ4v) is 1.61. The SMILES string of the molecule is O=C1COC(S)N1c1ccccc1. The van der Waals surface area contributed by atoms with Gasteiger partial charge in [0.2, 0.25) is 0 Å². The minimum Gasteiger partial charge on any atom is -0.339 e. The van der Waals surface area contributed by atoms with Crippen LogP contribution in [0.25, 0.3) is 0 Å². The molecule has 1 aromatic carbocycles. The zero-order valence-corrected chi connectivity index (χ0v) is 7.78. The van der Waals surface area contributed by atoms with E-state index in [4.69, 9.17) is 4.74 Å². The van der Waals surface area contributed by atoms with Gasteiger partial charge in [-0.2, -0.15) is 0 Å². The highest BCUT2D eigenvalue weighted by atomic mass is 32.1. The summed E-state index contributed by atoms with van der Waals surface area (Å²) in [5.41, 5.74) is 0.375. The van der Waals surface area contributed by atoms with Crippen LogP contribution < -0.4 is 4.90 Å². The molecular weight excluding hydrogens is 186 g/mol. The number of anilines is 1. The Morgan fingerprint density at radius 1 is 1.38 bits per heavy atom. The van der Waals surface area contributed by atoms with Crippen LogP contribution in [0.4, 0.5) is 5.69 Å². The average molecular weight is 195 g/mol. The first-order valence-corrected chi connectivity index (χ1v) is 4.47. The van der Waals surface area contributed by atoms with Gasteiger partial charge in [-0.25, -0.2) is 0 Å². The maximum atomic E-state index is 11.3. The molecule has 13 heavy (non-hydrogen) atoms. The van der Waals surface area contributed by atoms with Gasteiger partial charge in [-0.3, -0.25) is 9.69 Å². The third-order valence-corrected chi connectivity index (χ3v) is 2.26. The average Bonchev–Trinajstić information content (AvgIpc) is 2.48. The van der Waals surface area contributed by atoms with E-state index in [-0.39, 0.29) is 12.5 Å². The standard InChI is InChI=1S/C9H9NO2S/c11-8-6-12-9(13)10(8)7-4-2-1-3-5-7/h1-5,9,13H,6H2. The van der Waals surface area contributed by atoms with E-state index >= 15 is 0 Å². The molecule has 1 fully saturated rings. The number of rotatable bonds is 1. The van der Waals surface area contributed by atoms with Crippen molar-refractivity contribution in [3.8, 4) is 0 Å². The van der Waals surface area contributed by atoms with Crippen molar-refractivity contribution in [2.24, 2.45) is 0 Å². The number of hydrogen-bond acceptors (Lipinski definition) is 3. The summed E-state index contributed by atoms with van der Waals surface area (Å²) in [7, 11) is 0. The predicted molar refractivity (Wildman–Crippen MR) is 52.7 cm³/mol. The largest absolute Gasteiger partial charge is 0.339 e. The molecule has 1 aliphatic heterocycles. The second kappa shape index (κ2) is 3.40. The smallest absolute Gasteiger partial charge is 0.255 e. The van der Waals surface area contributed by atoms with E-state index in [1.165, 1.54) is 4.90 Å². The molecule has 0 radical (unpaired) electrons. The molecule has 4 heteroatoms. The van der Waals surface area contributed by atoms with Gasteiger partial charge in [0.15, 0.2) is 5.56 Å². The molecule has 0 N–H and O–H groups in total. The number of ether oxygens (including phenoxy) is 1. The minimum atomic E-state index is -0.449. The Hall–Kier alpha value is -1.00. The number of nitrogens with zero attached hydrogens (tertiary/aromatic N) is 1. The number of para-hydroxylation sites is 1.